The molecule has 0 aliphatic carbocycles. The molecule has 3 aromatic rings. The van der Waals surface area contributed by atoms with Gasteiger partial charge < -0.3 is 9.64 Å². The number of benzene rings is 2. The number of aromatic nitrogens is 1. The molecule has 0 fully saturated rings. The van der Waals surface area contributed by atoms with Crippen molar-refractivity contribution >= 4 is 22.6 Å². The van der Waals surface area contributed by atoms with Gasteiger partial charge in [0.2, 0.25) is 0 Å². The van der Waals surface area contributed by atoms with Crippen LogP contribution in [0, 0.1) is 0 Å². The zero-order valence-corrected chi connectivity index (χ0v) is 17.7. The maximum Gasteiger partial charge on any atom is 0.366 e. The lowest BCUT2D eigenvalue weighted by Gasteiger charge is -2.26. The van der Waals surface area contributed by atoms with Crippen LogP contribution in [0.25, 0.3) is 21.9 Å². The van der Waals surface area contributed by atoms with E-state index in [0.717, 1.165) is 4.90 Å². The molecular formula is C24H24F2N2O3. The molecule has 0 N–H and O–H groups in total. The van der Waals surface area contributed by atoms with Crippen LogP contribution in [0.4, 0.5) is 8.78 Å². The van der Waals surface area contributed by atoms with Crippen LogP contribution in [0.3, 0.4) is 0 Å². The van der Waals surface area contributed by atoms with E-state index in [-0.39, 0.29) is 30.8 Å². The van der Waals surface area contributed by atoms with Crippen molar-refractivity contribution in [3.63, 3.8) is 0 Å². The summed E-state index contributed by atoms with van der Waals surface area (Å²) in [6.45, 7) is 5.22. The van der Waals surface area contributed by atoms with Crippen LogP contribution in [0.2, 0.25) is 0 Å². The molecule has 1 heterocycles. The third-order valence-electron chi connectivity index (χ3n) is 5.06. The van der Waals surface area contributed by atoms with Gasteiger partial charge in [-0.15, -0.1) is 0 Å². The van der Waals surface area contributed by atoms with Crippen LogP contribution in [0.1, 0.15) is 37.0 Å². The Bertz CT molecular complexity index is 1100. The Kier molecular flexibility index (Phi) is 6.63. The topological polar surface area (TPSA) is 59.5 Å². The molecular weight excluding hydrogens is 402 g/mol. The molecule has 0 spiro atoms. The predicted molar refractivity (Wildman–Crippen MR) is 115 cm³/mol. The molecule has 0 aliphatic rings. The molecule has 2 aromatic carbocycles. The quantitative estimate of drug-likeness (QED) is 0.497. The number of likely N-dealkylation sites (N-methyl/N-ethyl adjacent to an activating group) is 1. The first-order valence-electron chi connectivity index (χ1n) is 10.2. The number of amides is 1. The van der Waals surface area contributed by atoms with Gasteiger partial charge in [0.05, 0.1) is 6.61 Å². The fraction of sp³-hybridized carbons (Fsp3) is 0.292. The van der Waals surface area contributed by atoms with E-state index in [9.17, 15) is 9.59 Å². The molecule has 31 heavy (non-hydrogen) atoms. The van der Waals surface area contributed by atoms with Gasteiger partial charge in [-0.2, -0.15) is 8.78 Å². The number of hydrogen-bond donors (Lipinski definition) is 0. The first-order valence-corrected chi connectivity index (χ1v) is 10.2. The SMILES string of the molecule is CCOC(=O)c1nc(C(F)(F)C(=O)N(CC)CC)c2ccccc2c1-c1ccccc1. The number of fused-ring (bicyclic) bond motifs is 1. The average molecular weight is 426 g/mol. The highest BCUT2D eigenvalue weighted by Crippen LogP contribution is 2.39. The van der Waals surface area contributed by atoms with Crippen molar-refractivity contribution in [2.45, 2.75) is 26.7 Å². The lowest BCUT2D eigenvalue weighted by Crippen LogP contribution is -2.42. The van der Waals surface area contributed by atoms with E-state index in [0.29, 0.717) is 16.5 Å². The van der Waals surface area contributed by atoms with Crippen molar-refractivity contribution in [3.8, 4) is 11.1 Å². The highest BCUT2D eigenvalue weighted by Gasteiger charge is 2.47. The molecule has 1 amide bonds. The van der Waals surface area contributed by atoms with Crippen molar-refractivity contribution in [1.29, 1.82) is 0 Å². The van der Waals surface area contributed by atoms with E-state index >= 15 is 8.78 Å². The first-order chi connectivity index (χ1) is 14.9. The van der Waals surface area contributed by atoms with Crippen molar-refractivity contribution in [2.75, 3.05) is 19.7 Å². The number of pyridine rings is 1. The van der Waals surface area contributed by atoms with Gasteiger partial charge in [0.15, 0.2) is 5.69 Å². The molecule has 0 saturated carbocycles. The summed E-state index contributed by atoms with van der Waals surface area (Å²) in [7, 11) is 0. The van der Waals surface area contributed by atoms with Crippen molar-refractivity contribution in [3.05, 3.63) is 66.0 Å². The minimum Gasteiger partial charge on any atom is -0.461 e. The van der Waals surface area contributed by atoms with E-state index in [1.807, 2.05) is 6.07 Å². The number of halogens is 2. The van der Waals surface area contributed by atoms with E-state index in [1.165, 1.54) is 6.07 Å². The van der Waals surface area contributed by atoms with Crippen molar-refractivity contribution < 1.29 is 23.1 Å². The molecule has 0 unspecified atom stereocenters. The fourth-order valence-corrected chi connectivity index (χ4v) is 3.56. The second-order valence-electron chi connectivity index (χ2n) is 6.87. The van der Waals surface area contributed by atoms with Gasteiger partial charge in [-0.3, -0.25) is 4.79 Å². The second-order valence-corrected chi connectivity index (χ2v) is 6.87. The smallest absolute Gasteiger partial charge is 0.366 e. The Hall–Kier alpha value is -3.35. The van der Waals surface area contributed by atoms with Gasteiger partial charge in [-0.05, 0) is 31.7 Å². The van der Waals surface area contributed by atoms with Crippen LogP contribution in [-0.4, -0.2) is 41.5 Å². The molecule has 1 aromatic heterocycles. The van der Waals surface area contributed by atoms with Crippen molar-refractivity contribution in [1.82, 2.24) is 9.88 Å². The van der Waals surface area contributed by atoms with Crippen LogP contribution in [0.15, 0.2) is 54.6 Å². The lowest BCUT2D eigenvalue weighted by molar-refractivity contribution is -0.159. The Morgan fingerprint density at radius 2 is 1.52 bits per heavy atom. The lowest BCUT2D eigenvalue weighted by atomic mass is 9.94. The number of esters is 1. The van der Waals surface area contributed by atoms with Crippen molar-refractivity contribution in [2.24, 2.45) is 0 Å². The summed E-state index contributed by atoms with van der Waals surface area (Å²) in [5.41, 5.74) is 0.0418. The monoisotopic (exact) mass is 426 g/mol. The maximum atomic E-state index is 15.5. The van der Waals surface area contributed by atoms with Gasteiger partial charge in [0.25, 0.3) is 5.91 Å². The van der Waals surface area contributed by atoms with Crippen LogP contribution >= 0.6 is 0 Å². The van der Waals surface area contributed by atoms with Gasteiger partial charge in [0.1, 0.15) is 5.69 Å². The molecule has 3 rings (SSSR count). The average Bonchev–Trinajstić information content (AvgIpc) is 2.79. The van der Waals surface area contributed by atoms with E-state index in [4.69, 9.17) is 4.74 Å². The maximum absolute atomic E-state index is 15.5. The minimum absolute atomic E-state index is 0.0612. The van der Waals surface area contributed by atoms with Gasteiger partial charge in [0, 0.05) is 24.0 Å². The molecule has 0 bridgehead atoms. The highest BCUT2D eigenvalue weighted by molar-refractivity contribution is 6.08. The van der Waals surface area contributed by atoms with Gasteiger partial charge in [-0.25, -0.2) is 9.78 Å². The van der Waals surface area contributed by atoms with Crippen LogP contribution < -0.4 is 0 Å². The Labute approximate surface area is 179 Å². The van der Waals surface area contributed by atoms with Gasteiger partial charge in [-0.1, -0.05) is 54.6 Å². The second kappa shape index (κ2) is 9.20. The van der Waals surface area contributed by atoms with Crippen LogP contribution in [0.5, 0.6) is 0 Å². The summed E-state index contributed by atoms with van der Waals surface area (Å²) in [6, 6.07) is 15.3. The molecule has 0 atom stereocenters. The summed E-state index contributed by atoms with van der Waals surface area (Å²) in [4.78, 5) is 30.5. The summed E-state index contributed by atoms with van der Waals surface area (Å²) in [6.07, 6.45) is 0. The largest absolute Gasteiger partial charge is 0.461 e. The number of carbonyl (C=O) groups is 2. The molecule has 0 radical (unpaired) electrons. The third-order valence-corrected chi connectivity index (χ3v) is 5.06. The molecule has 0 saturated heterocycles. The summed E-state index contributed by atoms with van der Waals surface area (Å²) in [5.74, 6) is -6.08. The number of nitrogens with zero attached hydrogens (tertiary/aromatic N) is 2. The Morgan fingerprint density at radius 3 is 2.10 bits per heavy atom. The molecule has 5 nitrogen and oxygen atoms in total. The highest BCUT2D eigenvalue weighted by atomic mass is 19.3. The zero-order chi connectivity index (χ0) is 22.6. The molecule has 7 heteroatoms. The minimum atomic E-state index is -3.91. The van der Waals surface area contributed by atoms with E-state index < -0.39 is 23.5 Å². The zero-order valence-electron chi connectivity index (χ0n) is 17.7. The number of hydrogen-bond acceptors (Lipinski definition) is 4. The van der Waals surface area contributed by atoms with Crippen LogP contribution in [-0.2, 0) is 15.5 Å². The Morgan fingerprint density at radius 1 is 0.935 bits per heavy atom. The molecule has 0 aliphatic heterocycles. The Balaban J connectivity index is 2.37. The van der Waals surface area contributed by atoms with E-state index in [2.05, 4.69) is 4.98 Å². The third kappa shape index (κ3) is 4.13. The van der Waals surface area contributed by atoms with Gasteiger partial charge >= 0.3 is 11.9 Å². The first kappa shape index (κ1) is 22.3. The standard InChI is InChI=1S/C24H24F2N2O3/c1-4-28(5-2)23(30)24(25,26)21-18-15-11-10-14-17(18)19(16-12-8-7-9-13-16)20(27-21)22(29)31-6-3/h7-15H,4-6H2,1-3H3. The number of carbonyl (C=O) groups excluding carboxylic acids is 2. The fourth-order valence-electron chi connectivity index (χ4n) is 3.56. The molecule has 162 valence electrons. The number of rotatable bonds is 7. The summed E-state index contributed by atoms with van der Waals surface area (Å²) >= 11 is 0. The predicted octanol–water partition coefficient (Wildman–Crippen LogP) is 5.04. The summed E-state index contributed by atoms with van der Waals surface area (Å²) < 4.78 is 36.0. The van der Waals surface area contributed by atoms with E-state index in [1.54, 1.807) is 63.2 Å². The number of ether oxygens (including phenoxy) is 1. The number of alkyl halides is 2. The summed E-state index contributed by atoms with van der Waals surface area (Å²) in [5, 5.41) is 0.508. The normalized spacial score (nSPS) is 11.4.